The predicted molar refractivity (Wildman–Crippen MR) is 132 cm³/mol. The maximum Gasteiger partial charge on any atom is 0.230 e. The van der Waals surface area contributed by atoms with Gasteiger partial charge in [-0.15, -0.1) is 0 Å². The van der Waals surface area contributed by atoms with Gasteiger partial charge in [-0.05, 0) is 90.4 Å². The van der Waals surface area contributed by atoms with Crippen molar-refractivity contribution in [3.05, 3.63) is 23.3 Å². The Labute approximate surface area is 193 Å². The monoisotopic (exact) mass is 440 g/mol. The zero-order chi connectivity index (χ0) is 23.5. The van der Waals surface area contributed by atoms with E-state index in [1.54, 1.807) is 12.5 Å². The van der Waals surface area contributed by atoms with E-state index in [-0.39, 0.29) is 0 Å². The van der Waals surface area contributed by atoms with Crippen molar-refractivity contribution in [2.75, 3.05) is 7.11 Å². The summed E-state index contributed by atoms with van der Waals surface area (Å²) in [7, 11) is 1.42. The molecule has 31 heavy (non-hydrogen) atoms. The minimum atomic E-state index is -1.06. The second kappa shape index (κ2) is 18.8. The van der Waals surface area contributed by atoms with Gasteiger partial charge in [-0.3, -0.25) is 0 Å². The molecule has 2 unspecified atom stereocenters. The molecule has 0 aliphatic heterocycles. The normalized spacial score (nSPS) is 16.0. The summed E-state index contributed by atoms with van der Waals surface area (Å²) in [5.74, 6) is 0.556. The Bertz CT molecular complexity index is 484. The third-order valence-corrected chi connectivity index (χ3v) is 6.43. The Hall–Kier alpha value is -0.680. The molecule has 2 atom stereocenters. The molecule has 0 saturated heterocycles. The van der Waals surface area contributed by atoms with Crippen LogP contribution < -0.4 is 0 Å². The largest absolute Gasteiger partial charge is 0.249 e. The van der Waals surface area contributed by atoms with E-state index in [9.17, 15) is 0 Å². The van der Waals surface area contributed by atoms with Gasteiger partial charge in [0.15, 0.2) is 0 Å². The number of hydrogen-bond donors (Lipinski definition) is 1. The molecule has 0 spiro atoms. The van der Waals surface area contributed by atoms with Crippen LogP contribution >= 0.6 is 0 Å². The van der Waals surface area contributed by atoms with Crippen molar-refractivity contribution in [2.45, 2.75) is 131 Å². The minimum absolute atomic E-state index is 0.609. The first-order valence-corrected chi connectivity index (χ1v) is 12.6. The highest BCUT2D eigenvalue weighted by molar-refractivity contribution is 4.99. The third kappa shape index (κ3) is 17.5. The first-order valence-electron chi connectivity index (χ1n) is 12.6. The summed E-state index contributed by atoms with van der Waals surface area (Å²) in [6, 6.07) is 0. The second-order valence-electron chi connectivity index (χ2n) is 9.89. The van der Waals surface area contributed by atoms with Gasteiger partial charge in [0.05, 0.1) is 7.11 Å². The Morgan fingerprint density at radius 3 is 1.94 bits per heavy atom. The van der Waals surface area contributed by atoms with E-state index in [0.29, 0.717) is 6.42 Å². The lowest BCUT2D eigenvalue weighted by Crippen LogP contribution is -2.30. The molecule has 0 aromatic heterocycles. The van der Waals surface area contributed by atoms with Crippen molar-refractivity contribution in [2.24, 2.45) is 11.8 Å². The fourth-order valence-corrected chi connectivity index (χ4v) is 3.64. The molecule has 4 heteroatoms. The zero-order valence-corrected chi connectivity index (χ0v) is 21.7. The smallest absolute Gasteiger partial charge is 0.230 e. The Morgan fingerprint density at radius 2 is 1.39 bits per heavy atom. The van der Waals surface area contributed by atoms with Crippen LogP contribution in [0.1, 0.15) is 125 Å². The highest BCUT2D eigenvalue weighted by Crippen LogP contribution is 2.21. The van der Waals surface area contributed by atoms with Crippen molar-refractivity contribution in [3.63, 3.8) is 0 Å². The van der Waals surface area contributed by atoms with Gasteiger partial charge in [0.25, 0.3) is 0 Å². The lowest BCUT2D eigenvalue weighted by atomic mass is 9.91. The van der Waals surface area contributed by atoms with Gasteiger partial charge >= 0.3 is 0 Å². The van der Waals surface area contributed by atoms with Crippen molar-refractivity contribution in [1.29, 1.82) is 0 Å². The fraction of sp³-hybridized carbons (Fsp3) is 0.852. The molecule has 0 saturated carbocycles. The van der Waals surface area contributed by atoms with Gasteiger partial charge in [-0.1, -0.05) is 63.3 Å². The van der Waals surface area contributed by atoms with E-state index in [2.05, 4.69) is 56.5 Å². The summed E-state index contributed by atoms with van der Waals surface area (Å²) < 4.78 is 0. The lowest BCUT2D eigenvalue weighted by Gasteiger charge is -2.23. The number of allylic oxidation sites excluding steroid dienone is 4. The highest BCUT2D eigenvalue weighted by atomic mass is 17.3. The van der Waals surface area contributed by atoms with Crippen LogP contribution in [0, 0.1) is 11.8 Å². The minimum Gasteiger partial charge on any atom is -0.249 e. The van der Waals surface area contributed by atoms with E-state index >= 15 is 0 Å². The van der Waals surface area contributed by atoms with E-state index < -0.39 is 5.79 Å². The van der Waals surface area contributed by atoms with Crippen LogP contribution in [0.15, 0.2) is 23.3 Å². The lowest BCUT2D eigenvalue weighted by molar-refractivity contribution is -0.489. The quantitative estimate of drug-likeness (QED) is 0.0674. The molecule has 0 rings (SSSR count). The fourth-order valence-electron chi connectivity index (χ4n) is 3.64. The van der Waals surface area contributed by atoms with E-state index in [1.807, 2.05) is 0 Å². The van der Waals surface area contributed by atoms with Crippen LogP contribution in [0.25, 0.3) is 0 Å². The van der Waals surface area contributed by atoms with Crippen molar-refractivity contribution in [1.82, 2.24) is 0 Å². The van der Waals surface area contributed by atoms with Gasteiger partial charge in [-0.25, -0.2) is 15.0 Å². The first-order chi connectivity index (χ1) is 14.7. The van der Waals surface area contributed by atoms with Gasteiger partial charge in [0.2, 0.25) is 5.79 Å². The number of hydrogen-bond acceptors (Lipinski definition) is 4. The molecule has 0 bridgehead atoms. The molecule has 1 N–H and O–H groups in total. The molecule has 0 aliphatic carbocycles. The second-order valence-corrected chi connectivity index (χ2v) is 9.89. The number of rotatable bonds is 20. The molecular weight excluding hydrogens is 388 g/mol. The molecule has 0 radical (unpaired) electrons. The van der Waals surface area contributed by atoms with Crippen molar-refractivity contribution < 1.29 is 19.9 Å². The molecule has 0 aromatic carbocycles. The third-order valence-electron chi connectivity index (χ3n) is 6.43. The topological polar surface area (TPSA) is 47.9 Å². The molecule has 0 fully saturated rings. The number of unbranched alkanes of at least 4 members (excludes halogenated alkanes) is 7. The Morgan fingerprint density at radius 1 is 0.839 bits per heavy atom. The Balaban J connectivity index is 3.70. The maximum atomic E-state index is 8.90. The standard InChI is InChI=1S/C27H52O4/c1-23(2)26(5)21-20-25(4)19-15-11-10-14-18-24(3)17-13-9-8-12-16-22-27(6,30-28)31-29-7/h17,19,23,26,28H,8-16,18,20-22H2,1-7H3/b24-17+,25-19+. The molecular formula is C27H52O4. The Kier molecular flexibility index (Phi) is 18.4. The van der Waals surface area contributed by atoms with Gasteiger partial charge in [-0.2, -0.15) is 4.89 Å². The molecule has 0 heterocycles. The van der Waals surface area contributed by atoms with Crippen LogP contribution in [0.4, 0.5) is 0 Å². The SMILES string of the molecule is COOC(C)(CCCCCC/C=C(\C)CCCCC/C=C(\C)CCC(C)C(C)C)OO. The molecule has 0 amide bonds. The highest BCUT2D eigenvalue weighted by Gasteiger charge is 2.27. The summed E-state index contributed by atoms with van der Waals surface area (Å²) in [4.78, 5) is 13.9. The van der Waals surface area contributed by atoms with E-state index in [1.165, 1.54) is 70.5 Å². The average molecular weight is 441 g/mol. The predicted octanol–water partition coefficient (Wildman–Crippen LogP) is 9.03. The van der Waals surface area contributed by atoms with E-state index in [4.69, 9.17) is 10.1 Å². The summed E-state index contributed by atoms with van der Waals surface area (Å²) in [6.45, 7) is 13.3. The van der Waals surface area contributed by atoms with Crippen LogP contribution in [-0.2, 0) is 14.7 Å². The van der Waals surface area contributed by atoms with Crippen LogP contribution in [-0.4, -0.2) is 18.2 Å². The molecule has 4 nitrogen and oxygen atoms in total. The van der Waals surface area contributed by atoms with E-state index in [0.717, 1.165) is 31.1 Å². The maximum absolute atomic E-state index is 8.90. The summed E-state index contributed by atoms with van der Waals surface area (Å²) in [5.41, 5.74) is 3.10. The van der Waals surface area contributed by atoms with Crippen LogP contribution in [0.2, 0.25) is 0 Å². The molecule has 0 aliphatic rings. The summed E-state index contributed by atoms with van der Waals surface area (Å²) in [6.07, 6.45) is 20.1. The first kappa shape index (κ1) is 30.3. The van der Waals surface area contributed by atoms with Crippen molar-refractivity contribution in [3.8, 4) is 0 Å². The molecule has 184 valence electrons. The summed E-state index contributed by atoms with van der Waals surface area (Å²) in [5, 5.41) is 8.90. The van der Waals surface area contributed by atoms with Crippen LogP contribution in [0.5, 0.6) is 0 Å². The van der Waals surface area contributed by atoms with Crippen molar-refractivity contribution >= 4 is 0 Å². The molecule has 0 aromatic rings. The van der Waals surface area contributed by atoms with Crippen LogP contribution in [0.3, 0.4) is 0 Å². The van der Waals surface area contributed by atoms with Gasteiger partial charge < -0.3 is 0 Å². The summed E-state index contributed by atoms with van der Waals surface area (Å²) >= 11 is 0. The van der Waals surface area contributed by atoms with Gasteiger partial charge in [0.1, 0.15) is 0 Å². The zero-order valence-electron chi connectivity index (χ0n) is 21.7. The van der Waals surface area contributed by atoms with Gasteiger partial charge in [0, 0.05) is 6.42 Å². The average Bonchev–Trinajstić information content (AvgIpc) is 2.73.